The average Bonchev–Trinajstić information content (AvgIpc) is 2.47. The molecule has 1 aromatic heterocycles. The maximum absolute atomic E-state index is 5.70. The molecular formula is C15H19N3OS. The molecule has 0 bridgehead atoms. The number of thioether (sulfide) groups is 1. The fraction of sp³-hybridized carbons (Fsp3) is 0.333. The summed E-state index contributed by atoms with van der Waals surface area (Å²) in [7, 11) is 0. The predicted molar refractivity (Wildman–Crippen MR) is 81.9 cm³/mol. The van der Waals surface area contributed by atoms with Gasteiger partial charge in [-0.05, 0) is 37.1 Å². The first-order valence-corrected chi connectivity index (χ1v) is 7.61. The number of aromatic nitrogens is 2. The van der Waals surface area contributed by atoms with Gasteiger partial charge in [-0.15, -0.1) is 0 Å². The molecule has 0 saturated carbocycles. The zero-order valence-electron chi connectivity index (χ0n) is 11.6. The second-order valence-corrected chi connectivity index (χ2v) is 5.44. The first-order valence-electron chi connectivity index (χ1n) is 6.62. The van der Waals surface area contributed by atoms with Crippen molar-refractivity contribution in [3.05, 3.63) is 47.8 Å². The van der Waals surface area contributed by atoms with Crippen LogP contribution in [0.5, 0.6) is 5.75 Å². The van der Waals surface area contributed by atoms with E-state index in [2.05, 4.69) is 9.97 Å². The highest BCUT2D eigenvalue weighted by Gasteiger charge is 1.99. The highest BCUT2D eigenvalue weighted by atomic mass is 32.2. The lowest BCUT2D eigenvalue weighted by molar-refractivity contribution is 0.318. The van der Waals surface area contributed by atoms with Crippen LogP contribution >= 0.6 is 11.8 Å². The van der Waals surface area contributed by atoms with Crippen molar-refractivity contribution in [2.75, 3.05) is 12.4 Å². The molecule has 1 aromatic carbocycles. The summed E-state index contributed by atoms with van der Waals surface area (Å²) in [6.45, 7) is 3.20. The average molecular weight is 289 g/mol. The van der Waals surface area contributed by atoms with E-state index in [9.17, 15) is 0 Å². The highest BCUT2D eigenvalue weighted by molar-refractivity contribution is 7.99. The molecule has 2 aromatic rings. The number of nitrogens with two attached hydrogens (primary N) is 1. The lowest BCUT2D eigenvalue weighted by Gasteiger charge is -2.07. The quantitative estimate of drug-likeness (QED) is 0.482. The van der Waals surface area contributed by atoms with Crippen LogP contribution in [0.25, 0.3) is 0 Å². The third kappa shape index (κ3) is 4.83. The lowest BCUT2D eigenvalue weighted by atomic mass is 10.2. The summed E-state index contributed by atoms with van der Waals surface area (Å²) in [4.78, 5) is 8.56. The molecule has 2 N–H and O–H groups in total. The van der Waals surface area contributed by atoms with Gasteiger partial charge in [-0.25, -0.2) is 9.97 Å². The fourth-order valence-electron chi connectivity index (χ4n) is 1.67. The largest absolute Gasteiger partial charge is 0.494 e. The first kappa shape index (κ1) is 14.8. The van der Waals surface area contributed by atoms with Crippen molar-refractivity contribution in [3.8, 4) is 5.75 Å². The van der Waals surface area contributed by atoms with Crippen molar-refractivity contribution >= 4 is 11.8 Å². The van der Waals surface area contributed by atoms with Gasteiger partial charge in [0, 0.05) is 24.2 Å². The molecule has 1 heterocycles. The van der Waals surface area contributed by atoms with Gasteiger partial charge < -0.3 is 10.5 Å². The Kier molecular flexibility index (Phi) is 5.83. The summed E-state index contributed by atoms with van der Waals surface area (Å²) >= 11 is 1.66. The molecule has 0 aliphatic heterocycles. The Morgan fingerprint density at radius 2 is 2.20 bits per heavy atom. The molecule has 0 atom stereocenters. The minimum absolute atomic E-state index is 0.539. The van der Waals surface area contributed by atoms with E-state index in [4.69, 9.17) is 10.5 Å². The zero-order chi connectivity index (χ0) is 14.2. The maximum Gasteiger partial charge on any atom is 0.187 e. The van der Waals surface area contributed by atoms with Crippen LogP contribution in [0.4, 0.5) is 0 Å². The van der Waals surface area contributed by atoms with Gasteiger partial charge in [0.2, 0.25) is 0 Å². The zero-order valence-corrected chi connectivity index (χ0v) is 12.4. The summed E-state index contributed by atoms with van der Waals surface area (Å²) in [6.07, 6.45) is 2.74. The number of benzene rings is 1. The van der Waals surface area contributed by atoms with Crippen LogP contribution in [-0.2, 0) is 6.54 Å². The first-order chi connectivity index (χ1) is 9.78. The molecule has 106 valence electrons. The van der Waals surface area contributed by atoms with Crippen LogP contribution in [0.3, 0.4) is 0 Å². The number of ether oxygens (including phenoxy) is 1. The lowest BCUT2D eigenvalue weighted by Crippen LogP contribution is -2.01. The number of rotatable bonds is 7. The van der Waals surface area contributed by atoms with Crippen LogP contribution in [0.2, 0.25) is 0 Å². The second kappa shape index (κ2) is 7.87. The summed E-state index contributed by atoms with van der Waals surface area (Å²) < 4.78 is 5.70. The molecule has 0 spiro atoms. The van der Waals surface area contributed by atoms with E-state index in [0.29, 0.717) is 13.2 Å². The summed E-state index contributed by atoms with van der Waals surface area (Å²) in [5, 5.41) is 0.829. The Hall–Kier alpha value is -1.59. The van der Waals surface area contributed by atoms with Crippen LogP contribution < -0.4 is 10.5 Å². The van der Waals surface area contributed by atoms with E-state index >= 15 is 0 Å². The molecular weight excluding hydrogens is 270 g/mol. The van der Waals surface area contributed by atoms with Crippen molar-refractivity contribution < 1.29 is 4.74 Å². The summed E-state index contributed by atoms with van der Waals surface area (Å²) in [5.74, 6) is 1.82. The predicted octanol–water partition coefficient (Wildman–Crippen LogP) is 2.80. The van der Waals surface area contributed by atoms with Crippen LogP contribution in [0, 0.1) is 6.92 Å². The molecule has 0 saturated heterocycles. The van der Waals surface area contributed by atoms with E-state index in [1.807, 2.05) is 37.3 Å². The van der Waals surface area contributed by atoms with Crippen LogP contribution in [0.15, 0.2) is 41.7 Å². The summed E-state index contributed by atoms with van der Waals surface area (Å²) in [5.41, 5.74) is 7.68. The Labute approximate surface area is 123 Å². The van der Waals surface area contributed by atoms with Gasteiger partial charge in [-0.3, -0.25) is 0 Å². The van der Waals surface area contributed by atoms with Gasteiger partial charge in [0.15, 0.2) is 5.16 Å². The van der Waals surface area contributed by atoms with Gasteiger partial charge in [0.05, 0.1) is 6.61 Å². The van der Waals surface area contributed by atoms with Gasteiger partial charge in [0.25, 0.3) is 0 Å². The third-order valence-corrected chi connectivity index (χ3v) is 3.64. The van der Waals surface area contributed by atoms with E-state index in [1.54, 1.807) is 18.0 Å². The topological polar surface area (TPSA) is 61.0 Å². The Bertz CT molecular complexity index is 548. The molecule has 2 rings (SSSR count). The maximum atomic E-state index is 5.70. The minimum atomic E-state index is 0.539. The highest BCUT2D eigenvalue weighted by Crippen LogP contribution is 2.15. The normalized spacial score (nSPS) is 10.5. The van der Waals surface area contributed by atoms with E-state index in [0.717, 1.165) is 34.3 Å². The summed E-state index contributed by atoms with van der Waals surface area (Å²) in [6, 6.07) is 9.80. The molecule has 0 aliphatic rings. The molecule has 20 heavy (non-hydrogen) atoms. The van der Waals surface area contributed by atoms with Crippen LogP contribution in [0.1, 0.15) is 17.7 Å². The molecule has 0 fully saturated rings. The molecule has 5 heteroatoms. The van der Waals surface area contributed by atoms with Crippen molar-refractivity contribution in [2.24, 2.45) is 5.73 Å². The van der Waals surface area contributed by atoms with E-state index < -0.39 is 0 Å². The van der Waals surface area contributed by atoms with Crippen molar-refractivity contribution in [1.82, 2.24) is 9.97 Å². The monoisotopic (exact) mass is 289 g/mol. The number of hydrogen-bond acceptors (Lipinski definition) is 5. The second-order valence-electron chi connectivity index (χ2n) is 4.38. The standard InChI is InChI=1S/C15H19N3OS/c1-12-6-7-17-15(18-12)20-9-3-8-19-14-5-2-4-13(10-14)11-16/h2,4-7,10H,3,8-9,11,16H2,1H3. The molecule has 0 aliphatic carbocycles. The van der Waals surface area contributed by atoms with Crippen molar-refractivity contribution in [1.29, 1.82) is 0 Å². The smallest absolute Gasteiger partial charge is 0.187 e. The SMILES string of the molecule is Cc1ccnc(SCCCOc2cccc(CN)c2)n1. The van der Waals surface area contributed by atoms with E-state index in [1.165, 1.54) is 0 Å². The van der Waals surface area contributed by atoms with Crippen molar-refractivity contribution in [2.45, 2.75) is 25.0 Å². The van der Waals surface area contributed by atoms with Gasteiger partial charge in [0.1, 0.15) is 5.75 Å². The fourth-order valence-corrected chi connectivity index (χ4v) is 2.46. The number of nitrogens with zero attached hydrogens (tertiary/aromatic N) is 2. The van der Waals surface area contributed by atoms with Gasteiger partial charge >= 0.3 is 0 Å². The Morgan fingerprint density at radius 1 is 1.30 bits per heavy atom. The molecule has 0 radical (unpaired) electrons. The van der Waals surface area contributed by atoms with Crippen molar-refractivity contribution in [3.63, 3.8) is 0 Å². The minimum Gasteiger partial charge on any atom is -0.494 e. The Morgan fingerprint density at radius 3 is 3.00 bits per heavy atom. The number of aryl methyl sites for hydroxylation is 1. The molecule has 0 amide bonds. The van der Waals surface area contributed by atoms with Crippen LogP contribution in [-0.4, -0.2) is 22.3 Å². The Balaban J connectivity index is 1.68. The van der Waals surface area contributed by atoms with Gasteiger partial charge in [-0.1, -0.05) is 23.9 Å². The molecule has 4 nitrogen and oxygen atoms in total. The van der Waals surface area contributed by atoms with E-state index in [-0.39, 0.29) is 0 Å². The van der Waals surface area contributed by atoms with Gasteiger partial charge in [-0.2, -0.15) is 0 Å². The third-order valence-electron chi connectivity index (χ3n) is 2.70. The number of hydrogen-bond donors (Lipinski definition) is 1. The molecule has 0 unspecified atom stereocenters.